The Labute approximate surface area is 216 Å². The molecule has 37 heavy (non-hydrogen) atoms. The van der Waals surface area contributed by atoms with E-state index in [-0.39, 0.29) is 24.2 Å². The quantitative estimate of drug-likeness (QED) is 0.201. The van der Waals surface area contributed by atoms with E-state index in [1.165, 1.54) is 12.1 Å². The van der Waals surface area contributed by atoms with Crippen molar-refractivity contribution >= 4 is 23.7 Å². The Balaban J connectivity index is 1.38. The van der Waals surface area contributed by atoms with Crippen LogP contribution in [0.15, 0.2) is 66.7 Å². The van der Waals surface area contributed by atoms with Gasteiger partial charge in [0.2, 0.25) is 5.91 Å². The van der Waals surface area contributed by atoms with Gasteiger partial charge in [0, 0.05) is 24.2 Å². The maximum absolute atomic E-state index is 12.5. The third kappa shape index (κ3) is 8.68. The lowest BCUT2D eigenvalue weighted by Gasteiger charge is -2.12. The van der Waals surface area contributed by atoms with E-state index in [1.54, 1.807) is 31.2 Å². The number of carbonyl (C=O) groups excluding carboxylic acids is 3. The first-order valence-electron chi connectivity index (χ1n) is 12.2. The normalized spacial score (nSPS) is 10.4. The summed E-state index contributed by atoms with van der Waals surface area (Å²) < 4.78 is 15.6. The summed E-state index contributed by atoms with van der Waals surface area (Å²) in [5.74, 6) is 0.829. The van der Waals surface area contributed by atoms with Crippen molar-refractivity contribution in [3.63, 3.8) is 0 Å². The smallest absolute Gasteiger partial charge is 0.493 e. The molecule has 3 aromatic rings. The van der Waals surface area contributed by atoms with Crippen LogP contribution in [-0.2, 0) is 16.1 Å². The molecular formula is C29H32N2O6. The molecule has 0 unspecified atom stereocenters. The van der Waals surface area contributed by atoms with Gasteiger partial charge >= 0.3 is 6.16 Å². The molecule has 8 nitrogen and oxygen atoms in total. The van der Waals surface area contributed by atoms with Crippen molar-refractivity contribution in [2.45, 2.75) is 40.2 Å². The minimum absolute atomic E-state index is 0.0436. The molecule has 2 amide bonds. The van der Waals surface area contributed by atoms with E-state index < -0.39 is 6.16 Å². The highest BCUT2D eigenvalue weighted by Gasteiger charge is 2.10. The minimum atomic E-state index is -0.793. The molecule has 0 spiro atoms. The largest absolute Gasteiger partial charge is 0.513 e. The molecule has 0 aliphatic rings. The Hall–Kier alpha value is -4.33. The first-order valence-corrected chi connectivity index (χ1v) is 12.2. The van der Waals surface area contributed by atoms with Crippen LogP contribution in [0.3, 0.4) is 0 Å². The Morgan fingerprint density at radius 2 is 1.54 bits per heavy atom. The van der Waals surface area contributed by atoms with E-state index >= 15 is 0 Å². The average Bonchev–Trinajstić information content (AvgIpc) is 2.88. The summed E-state index contributed by atoms with van der Waals surface area (Å²) in [5.41, 5.74) is 4.12. The number of carbonyl (C=O) groups is 3. The van der Waals surface area contributed by atoms with Gasteiger partial charge in [-0.05, 0) is 80.3 Å². The topological polar surface area (TPSA) is 103 Å². The first kappa shape index (κ1) is 27.3. The second-order valence-corrected chi connectivity index (χ2v) is 8.41. The van der Waals surface area contributed by atoms with Crippen molar-refractivity contribution in [1.29, 1.82) is 0 Å². The number of hydrogen-bond acceptors (Lipinski definition) is 6. The summed E-state index contributed by atoms with van der Waals surface area (Å²) in [6, 6.07) is 19.4. The number of hydrogen-bond donors (Lipinski definition) is 2. The fourth-order valence-corrected chi connectivity index (χ4v) is 3.55. The Morgan fingerprint density at radius 1 is 0.865 bits per heavy atom. The molecule has 8 heteroatoms. The van der Waals surface area contributed by atoms with Gasteiger partial charge in [0.1, 0.15) is 11.5 Å². The maximum atomic E-state index is 12.5. The van der Waals surface area contributed by atoms with E-state index in [2.05, 4.69) is 10.6 Å². The third-order valence-electron chi connectivity index (χ3n) is 5.48. The molecule has 0 radical (unpaired) electrons. The molecule has 3 aromatic carbocycles. The lowest BCUT2D eigenvalue weighted by Crippen LogP contribution is -2.23. The van der Waals surface area contributed by atoms with Gasteiger partial charge in [-0.25, -0.2) is 4.79 Å². The molecule has 0 saturated carbocycles. The van der Waals surface area contributed by atoms with Gasteiger partial charge in [0.15, 0.2) is 0 Å². The molecule has 0 fully saturated rings. The van der Waals surface area contributed by atoms with Gasteiger partial charge in [-0.2, -0.15) is 0 Å². The molecular weight excluding hydrogens is 472 g/mol. The van der Waals surface area contributed by atoms with Crippen LogP contribution in [0.25, 0.3) is 0 Å². The molecule has 3 rings (SSSR count). The number of ether oxygens (including phenoxy) is 3. The standard InChI is InChI=1S/C29H32N2O6/c1-4-35-29(34)37-25-16-12-23(13-17-25)28(33)31-24-14-10-22(11-15-24)19-30-26(32)9-6-18-36-27-20(2)7-5-8-21(27)3/h5,7-8,10-17H,4,6,9,18-19H2,1-3H3,(H,30,32)(H,31,33). The van der Waals surface area contributed by atoms with Crippen molar-refractivity contribution in [3.8, 4) is 11.5 Å². The zero-order valence-corrected chi connectivity index (χ0v) is 21.3. The average molecular weight is 505 g/mol. The second-order valence-electron chi connectivity index (χ2n) is 8.41. The first-order chi connectivity index (χ1) is 17.9. The maximum Gasteiger partial charge on any atom is 0.513 e. The number of aryl methyl sites for hydroxylation is 2. The van der Waals surface area contributed by atoms with Crippen LogP contribution < -0.4 is 20.1 Å². The minimum Gasteiger partial charge on any atom is -0.493 e. The molecule has 0 aliphatic carbocycles. The number of nitrogens with one attached hydrogen (secondary N) is 2. The van der Waals surface area contributed by atoms with Crippen LogP contribution in [0, 0.1) is 13.8 Å². The summed E-state index contributed by atoms with van der Waals surface area (Å²) in [6.45, 7) is 6.79. The van der Waals surface area contributed by atoms with E-state index in [0.29, 0.717) is 37.2 Å². The van der Waals surface area contributed by atoms with Crippen LogP contribution in [0.4, 0.5) is 10.5 Å². The lowest BCUT2D eigenvalue weighted by atomic mass is 10.1. The number of amides is 2. The predicted molar refractivity (Wildman–Crippen MR) is 141 cm³/mol. The molecule has 0 bridgehead atoms. The fourth-order valence-electron chi connectivity index (χ4n) is 3.55. The number of anilines is 1. The zero-order valence-electron chi connectivity index (χ0n) is 21.3. The van der Waals surface area contributed by atoms with Crippen LogP contribution in [0.1, 0.15) is 46.8 Å². The SMILES string of the molecule is CCOC(=O)Oc1ccc(C(=O)Nc2ccc(CNC(=O)CCCOc3c(C)cccc3C)cc2)cc1. The number of para-hydroxylation sites is 1. The molecule has 0 atom stereocenters. The molecule has 0 aromatic heterocycles. The second kappa shape index (κ2) is 13.7. The van der Waals surface area contributed by atoms with Crippen molar-refractivity contribution in [2.75, 3.05) is 18.5 Å². The van der Waals surface area contributed by atoms with Gasteiger partial charge in [0.05, 0.1) is 13.2 Å². The van der Waals surface area contributed by atoms with E-state index in [9.17, 15) is 14.4 Å². The van der Waals surface area contributed by atoms with Crippen molar-refractivity contribution < 1.29 is 28.6 Å². The van der Waals surface area contributed by atoms with E-state index in [4.69, 9.17) is 14.2 Å². The van der Waals surface area contributed by atoms with Crippen LogP contribution >= 0.6 is 0 Å². The Bertz CT molecular complexity index is 1190. The zero-order chi connectivity index (χ0) is 26.6. The van der Waals surface area contributed by atoms with Gasteiger partial charge in [0.25, 0.3) is 5.91 Å². The molecule has 0 saturated heterocycles. The summed E-state index contributed by atoms with van der Waals surface area (Å²) in [4.78, 5) is 36.0. The lowest BCUT2D eigenvalue weighted by molar-refractivity contribution is -0.121. The fraction of sp³-hybridized carbons (Fsp3) is 0.276. The summed E-state index contributed by atoms with van der Waals surface area (Å²) >= 11 is 0. The highest BCUT2D eigenvalue weighted by Crippen LogP contribution is 2.22. The van der Waals surface area contributed by atoms with Crippen LogP contribution in [-0.4, -0.2) is 31.2 Å². The van der Waals surface area contributed by atoms with Crippen molar-refractivity contribution in [2.24, 2.45) is 0 Å². The van der Waals surface area contributed by atoms with Gasteiger partial charge < -0.3 is 24.8 Å². The van der Waals surface area contributed by atoms with E-state index in [1.807, 2.05) is 44.2 Å². The Kier molecular flexibility index (Phi) is 10.1. The molecule has 2 N–H and O–H groups in total. The highest BCUT2D eigenvalue weighted by atomic mass is 16.7. The summed E-state index contributed by atoms with van der Waals surface area (Å²) in [5, 5.41) is 5.72. The van der Waals surface area contributed by atoms with Crippen molar-refractivity contribution in [3.05, 3.63) is 89.0 Å². The van der Waals surface area contributed by atoms with Crippen LogP contribution in [0.2, 0.25) is 0 Å². The highest BCUT2D eigenvalue weighted by molar-refractivity contribution is 6.04. The third-order valence-corrected chi connectivity index (χ3v) is 5.48. The van der Waals surface area contributed by atoms with Gasteiger partial charge in [-0.1, -0.05) is 30.3 Å². The molecule has 194 valence electrons. The summed E-state index contributed by atoms with van der Waals surface area (Å²) in [6.07, 6.45) is 0.210. The molecule has 0 heterocycles. The Morgan fingerprint density at radius 3 is 2.19 bits per heavy atom. The number of benzene rings is 3. The number of rotatable bonds is 11. The monoisotopic (exact) mass is 504 g/mol. The summed E-state index contributed by atoms with van der Waals surface area (Å²) in [7, 11) is 0. The van der Waals surface area contributed by atoms with E-state index in [0.717, 1.165) is 22.4 Å². The molecule has 0 aliphatic heterocycles. The van der Waals surface area contributed by atoms with Crippen molar-refractivity contribution in [1.82, 2.24) is 5.32 Å². The van der Waals surface area contributed by atoms with Crippen LogP contribution in [0.5, 0.6) is 11.5 Å². The van der Waals surface area contributed by atoms with Gasteiger partial charge in [-0.15, -0.1) is 0 Å². The van der Waals surface area contributed by atoms with Gasteiger partial charge in [-0.3, -0.25) is 9.59 Å². The predicted octanol–water partition coefficient (Wildman–Crippen LogP) is 5.57.